The standard InChI is InChI=1S/C14H19N5O2S/c20-13(15-7-3-6-10-17-14(21)19-18-10)12-11(16-8-22-12)9-4-1-2-5-9/h8-9H,1-7H2,(H,15,20)(H2,17,18,19,21). The molecule has 3 N–H and O–H groups in total. The van der Waals surface area contributed by atoms with Crippen LogP contribution in [0, 0.1) is 0 Å². The summed E-state index contributed by atoms with van der Waals surface area (Å²) in [5.41, 5.74) is 2.43. The summed E-state index contributed by atoms with van der Waals surface area (Å²) in [7, 11) is 0. The van der Waals surface area contributed by atoms with Gasteiger partial charge in [-0.15, -0.1) is 11.3 Å². The first-order valence-corrected chi connectivity index (χ1v) is 8.47. The molecule has 22 heavy (non-hydrogen) atoms. The first kappa shape index (κ1) is 15.0. The van der Waals surface area contributed by atoms with Gasteiger partial charge in [0.2, 0.25) is 0 Å². The molecule has 1 saturated carbocycles. The van der Waals surface area contributed by atoms with Crippen molar-refractivity contribution in [3.63, 3.8) is 0 Å². The number of hydrogen-bond acceptors (Lipinski definition) is 5. The van der Waals surface area contributed by atoms with E-state index in [2.05, 4.69) is 25.5 Å². The van der Waals surface area contributed by atoms with E-state index >= 15 is 0 Å². The molecule has 0 unspecified atom stereocenters. The highest BCUT2D eigenvalue weighted by Crippen LogP contribution is 2.36. The monoisotopic (exact) mass is 321 g/mol. The Balaban J connectivity index is 1.49. The number of nitrogens with one attached hydrogen (secondary N) is 3. The number of nitrogens with zero attached hydrogens (tertiary/aromatic N) is 2. The highest BCUT2D eigenvalue weighted by Gasteiger charge is 2.25. The van der Waals surface area contributed by atoms with Crippen LogP contribution in [0.5, 0.6) is 0 Å². The van der Waals surface area contributed by atoms with Crippen molar-refractivity contribution in [1.29, 1.82) is 0 Å². The van der Waals surface area contributed by atoms with E-state index in [1.807, 2.05) is 0 Å². The third-order valence-corrected chi connectivity index (χ3v) is 4.81. The largest absolute Gasteiger partial charge is 0.351 e. The molecule has 0 aromatic carbocycles. The zero-order valence-corrected chi connectivity index (χ0v) is 13.0. The van der Waals surface area contributed by atoms with Crippen molar-refractivity contribution in [3.05, 3.63) is 32.4 Å². The van der Waals surface area contributed by atoms with Gasteiger partial charge in [0, 0.05) is 18.9 Å². The topological polar surface area (TPSA) is 104 Å². The normalized spacial score (nSPS) is 15.3. The van der Waals surface area contributed by atoms with Crippen molar-refractivity contribution in [2.75, 3.05) is 6.54 Å². The maximum atomic E-state index is 12.3. The molecule has 0 saturated heterocycles. The van der Waals surface area contributed by atoms with Gasteiger partial charge in [0.1, 0.15) is 10.7 Å². The fourth-order valence-electron chi connectivity index (χ4n) is 2.88. The maximum absolute atomic E-state index is 12.3. The van der Waals surface area contributed by atoms with Crippen LogP contribution in [0.2, 0.25) is 0 Å². The molecular formula is C14H19N5O2S. The molecule has 0 aliphatic heterocycles. The number of rotatable bonds is 6. The number of aromatic nitrogens is 4. The Morgan fingerprint density at radius 3 is 2.95 bits per heavy atom. The third kappa shape index (κ3) is 3.44. The Hall–Kier alpha value is -1.96. The lowest BCUT2D eigenvalue weighted by molar-refractivity contribution is 0.0955. The Kier molecular flexibility index (Phi) is 4.67. The van der Waals surface area contributed by atoms with E-state index in [0.29, 0.717) is 24.7 Å². The van der Waals surface area contributed by atoms with Crippen LogP contribution in [-0.2, 0) is 6.42 Å². The SMILES string of the molecule is O=C(NCCCc1n[nH]c(=O)[nH]1)c1scnc1C1CCCC1. The van der Waals surface area contributed by atoms with E-state index in [1.165, 1.54) is 24.2 Å². The summed E-state index contributed by atoms with van der Waals surface area (Å²) < 4.78 is 0. The van der Waals surface area contributed by atoms with Gasteiger partial charge in [-0.2, -0.15) is 5.10 Å². The molecule has 0 bridgehead atoms. The summed E-state index contributed by atoms with van der Waals surface area (Å²) in [6.45, 7) is 0.551. The molecule has 0 spiro atoms. The zero-order chi connectivity index (χ0) is 15.4. The summed E-state index contributed by atoms with van der Waals surface area (Å²) in [6.07, 6.45) is 6.07. The van der Waals surface area contributed by atoms with Gasteiger partial charge in [-0.3, -0.25) is 9.78 Å². The highest BCUT2D eigenvalue weighted by molar-refractivity contribution is 7.11. The molecule has 8 heteroatoms. The fourth-order valence-corrected chi connectivity index (χ4v) is 3.67. The number of amides is 1. The number of thiazole rings is 1. The Morgan fingerprint density at radius 2 is 2.23 bits per heavy atom. The molecule has 0 atom stereocenters. The predicted molar refractivity (Wildman–Crippen MR) is 83.2 cm³/mol. The van der Waals surface area contributed by atoms with Gasteiger partial charge in [0.15, 0.2) is 0 Å². The molecule has 118 valence electrons. The summed E-state index contributed by atoms with van der Waals surface area (Å²) in [5, 5.41) is 9.09. The van der Waals surface area contributed by atoms with Gasteiger partial charge >= 0.3 is 5.69 Å². The minimum atomic E-state index is -0.301. The van der Waals surface area contributed by atoms with Crippen LogP contribution < -0.4 is 11.0 Å². The quantitative estimate of drug-likeness (QED) is 0.703. The van der Waals surface area contributed by atoms with Gasteiger partial charge in [0.05, 0.1) is 11.2 Å². The van der Waals surface area contributed by atoms with Crippen LogP contribution in [0.4, 0.5) is 0 Å². The van der Waals surface area contributed by atoms with Crippen molar-refractivity contribution in [2.45, 2.75) is 44.4 Å². The lowest BCUT2D eigenvalue weighted by atomic mass is 10.0. The zero-order valence-electron chi connectivity index (χ0n) is 12.2. The van der Waals surface area contributed by atoms with Crippen molar-refractivity contribution >= 4 is 17.2 Å². The first-order chi connectivity index (χ1) is 10.7. The number of hydrogen-bond donors (Lipinski definition) is 3. The van der Waals surface area contributed by atoms with Crippen LogP contribution in [0.3, 0.4) is 0 Å². The Bertz CT molecular complexity index is 683. The van der Waals surface area contributed by atoms with Crippen LogP contribution >= 0.6 is 11.3 Å². The number of carbonyl (C=O) groups excluding carboxylic acids is 1. The van der Waals surface area contributed by atoms with E-state index in [1.54, 1.807) is 5.51 Å². The van der Waals surface area contributed by atoms with Gasteiger partial charge in [-0.25, -0.2) is 14.9 Å². The van der Waals surface area contributed by atoms with Gasteiger partial charge in [0.25, 0.3) is 5.91 Å². The van der Waals surface area contributed by atoms with Crippen molar-refractivity contribution in [2.24, 2.45) is 0 Å². The Labute approximate surface area is 131 Å². The molecule has 2 aromatic rings. The predicted octanol–water partition coefficient (Wildman–Crippen LogP) is 1.57. The fraction of sp³-hybridized carbons (Fsp3) is 0.571. The molecule has 0 radical (unpaired) electrons. The van der Waals surface area contributed by atoms with E-state index in [0.717, 1.165) is 29.8 Å². The number of H-pyrrole nitrogens is 2. The smallest absolute Gasteiger partial charge is 0.340 e. The van der Waals surface area contributed by atoms with Gasteiger partial charge in [-0.1, -0.05) is 12.8 Å². The van der Waals surface area contributed by atoms with Gasteiger partial charge < -0.3 is 5.32 Å². The third-order valence-electron chi connectivity index (χ3n) is 3.97. The number of aryl methyl sites for hydroxylation is 1. The lowest BCUT2D eigenvalue weighted by Crippen LogP contribution is -2.25. The molecule has 1 fully saturated rings. The lowest BCUT2D eigenvalue weighted by Gasteiger charge is -2.09. The van der Waals surface area contributed by atoms with Crippen LogP contribution in [-0.4, -0.2) is 32.6 Å². The summed E-state index contributed by atoms with van der Waals surface area (Å²) in [5.74, 6) is 1.02. The van der Waals surface area contributed by atoms with E-state index in [9.17, 15) is 9.59 Å². The van der Waals surface area contributed by atoms with Crippen LogP contribution in [0.25, 0.3) is 0 Å². The van der Waals surface area contributed by atoms with E-state index in [-0.39, 0.29) is 11.6 Å². The number of aromatic amines is 2. The molecule has 1 aliphatic rings. The second kappa shape index (κ2) is 6.87. The maximum Gasteiger partial charge on any atom is 0.340 e. The molecule has 1 aliphatic carbocycles. The van der Waals surface area contributed by atoms with Crippen molar-refractivity contribution in [3.8, 4) is 0 Å². The number of carbonyl (C=O) groups is 1. The second-order valence-corrected chi connectivity index (χ2v) is 6.39. The minimum Gasteiger partial charge on any atom is -0.351 e. The average molecular weight is 321 g/mol. The molecular weight excluding hydrogens is 302 g/mol. The summed E-state index contributed by atoms with van der Waals surface area (Å²) in [6, 6.07) is 0. The first-order valence-electron chi connectivity index (χ1n) is 7.59. The van der Waals surface area contributed by atoms with Crippen LogP contribution in [0.1, 0.15) is 59.2 Å². The van der Waals surface area contributed by atoms with Crippen molar-refractivity contribution < 1.29 is 4.79 Å². The molecule has 2 aromatic heterocycles. The Morgan fingerprint density at radius 1 is 1.41 bits per heavy atom. The second-order valence-electron chi connectivity index (χ2n) is 5.53. The summed E-state index contributed by atoms with van der Waals surface area (Å²) in [4.78, 5) is 30.9. The van der Waals surface area contributed by atoms with E-state index in [4.69, 9.17) is 0 Å². The molecule has 1 amide bonds. The average Bonchev–Trinajstić information content (AvgIpc) is 3.23. The summed E-state index contributed by atoms with van der Waals surface area (Å²) >= 11 is 1.41. The minimum absolute atomic E-state index is 0.0417. The highest BCUT2D eigenvalue weighted by atomic mass is 32.1. The van der Waals surface area contributed by atoms with Crippen molar-refractivity contribution in [1.82, 2.24) is 25.5 Å². The van der Waals surface area contributed by atoms with E-state index < -0.39 is 0 Å². The molecule has 2 heterocycles. The van der Waals surface area contributed by atoms with Crippen LogP contribution in [0.15, 0.2) is 10.3 Å². The van der Waals surface area contributed by atoms with Gasteiger partial charge in [-0.05, 0) is 19.3 Å². The molecule has 7 nitrogen and oxygen atoms in total. The molecule has 3 rings (SSSR count).